The summed E-state index contributed by atoms with van der Waals surface area (Å²) in [6, 6.07) is 8.13. The van der Waals surface area contributed by atoms with Crippen LogP contribution in [0.3, 0.4) is 0 Å². The molecular formula is C12H4I2O2P2S3. The lowest BCUT2D eigenvalue weighted by Crippen LogP contribution is -2.10. The van der Waals surface area contributed by atoms with Gasteiger partial charge in [-0.25, -0.2) is 0 Å². The van der Waals surface area contributed by atoms with Crippen molar-refractivity contribution in [1.29, 1.82) is 0 Å². The maximum Gasteiger partial charge on any atom is 0.195 e. The molecule has 0 aliphatic heterocycles. The topological polar surface area (TPSA) is 34.1 Å². The third kappa shape index (κ3) is 3.34. The molecule has 0 saturated carbocycles. The van der Waals surface area contributed by atoms with Gasteiger partial charge in [0, 0.05) is 9.75 Å². The first kappa shape index (κ1) is 16.6. The third-order valence-electron chi connectivity index (χ3n) is 2.64. The Morgan fingerprint density at radius 2 is 1.14 bits per heavy atom. The molecule has 106 valence electrons. The Bertz CT molecular complexity index is 771. The smallest absolute Gasteiger partial charge is 0.195 e. The van der Waals surface area contributed by atoms with E-state index in [1.54, 1.807) is 34.0 Å². The molecule has 3 rings (SSSR count). The molecule has 0 unspecified atom stereocenters. The highest BCUT2D eigenvalue weighted by molar-refractivity contribution is 14.1. The summed E-state index contributed by atoms with van der Waals surface area (Å²) in [6.07, 6.45) is 0. The van der Waals surface area contributed by atoms with Crippen molar-refractivity contribution in [2.24, 2.45) is 0 Å². The Balaban J connectivity index is 2.24. The quantitative estimate of drug-likeness (QED) is 0.266. The fourth-order valence-electron chi connectivity index (χ4n) is 1.79. The summed E-state index contributed by atoms with van der Waals surface area (Å²) < 4.78 is 25.6. The van der Waals surface area contributed by atoms with E-state index in [4.69, 9.17) is 0 Å². The second-order valence-corrected chi connectivity index (χ2v) is 12.1. The van der Waals surface area contributed by atoms with Gasteiger partial charge in [-0.2, -0.15) is 0 Å². The fraction of sp³-hybridized carbons (Fsp3) is 0. The monoisotopic (exact) mass is 592 g/mol. The van der Waals surface area contributed by atoms with Gasteiger partial charge in [-0.05, 0) is 69.4 Å². The van der Waals surface area contributed by atoms with Gasteiger partial charge >= 0.3 is 0 Å². The zero-order chi connectivity index (χ0) is 15.0. The predicted octanol–water partition coefficient (Wildman–Crippen LogP) is 6.25. The second-order valence-electron chi connectivity index (χ2n) is 3.85. The molecule has 0 aliphatic rings. The lowest BCUT2D eigenvalue weighted by Gasteiger charge is -1.91. The van der Waals surface area contributed by atoms with E-state index in [0.717, 1.165) is 19.5 Å². The van der Waals surface area contributed by atoms with Crippen LogP contribution in [-0.4, -0.2) is 0 Å². The highest BCUT2D eigenvalue weighted by atomic mass is 127. The van der Waals surface area contributed by atoms with Gasteiger partial charge in [0.15, 0.2) is 16.9 Å². The minimum atomic E-state index is -0.0821. The highest BCUT2D eigenvalue weighted by Crippen LogP contribution is 2.40. The lowest BCUT2D eigenvalue weighted by atomic mass is 10.3. The number of rotatable bonds is 4. The van der Waals surface area contributed by atoms with E-state index in [1.165, 1.54) is 5.77 Å². The molecule has 9 heteroatoms. The molecular weight excluding hydrogens is 588 g/mol. The van der Waals surface area contributed by atoms with E-state index < -0.39 is 0 Å². The van der Waals surface area contributed by atoms with Crippen molar-refractivity contribution in [3.05, 3.63) is 30.0 Å². The Morgan fingerprint density at radius 3 is 1.43 bits per heavy atom. The van der Waals surface area contributed by atoms with Crippen molar-refractivity contribution in [2.45, 2.75) is 0 Å². The van der Waals surface area contributed by atoms with Crippen LogP contribution in [0.4, 0.5) is 0 Å². The Hall–Kier alpha value is 0.760. The van der Waals surface area contributed by atoms with E-state index in [9.17, 15) is 9.13 Å². The van der Waals surface area contributed by atoms with Gasteiger partial charge in [0.05, 0.1) is 26.1 Å². The summed E-state index contributed by atoms with van der Waals surface area (Å²) in [7, 11) is -0.164. The van der Waals surface area contributed by atoms with Crippen LogP contribution < -0.4 is 10.6 Å². The van der Waals surface area contributed by atoms with Gasteiger partial charge in [-0.3, -0.25) is 9.13 Å². The second kappa shape index (κ2) is 7.11. The Morgan fingerprint density at radius 1 is 0.714 bits per heavy atom. The zero-order valence-corrected chi connectivity index (χ0v) is 18.6. The standard InChI is InChI=1S/C12H4I2O2P2S3/c13-7-3-1-5(19-7)11-9(17-15)10(18-16)12(21-11)6-2-4-8(14)20-6/h1-4H. The summed E-state index contributed by atoms with van der Waals surface area (Å²) in [5.74, 6) is 0. The number of halogens is 2. The van der Waals surface area contributed by atoms with Crippen LogP contribution >= 0.6 is 96.1 Å². The first-order chi connectivity index (χ1) is 10.1. The van der Waals surface area contributed by atoms with Gasteiger partial charge in [-0.1, -0.05) is 0 Å². The van der Waals surface area contributed by atoms with Crippen LogP contribution in [0.15, 0.2) is 24.3 Å². The summed E-state index contributed by atoms with van der Waals surface area (Å²) in [5, 5.41) is 1.29. The molecule has 0 radical (unpaired) electrons. The van der Waals surface area contributed by atoms with Crippen LogP contribution in [0.25, 0.3) is 19.5 Å². The van der Waals surface area contributed by atoms with Crippen molar-refractivity contribution < 1.29 is 9.13 Å². The molecule has 0 bridgehead atoms. The molecule has 0 spiro atoms. The molecule has 0 N–H and O–H groups in total. The molecule has 3 aromatic rings. The Labute approximate surface area is 163 Å². The van der Waals surface area contributed by atoms with Crippen molar-refractivity contribution in [1.82, 2.24) is 0 Å². The normalized spacial score (nSPS) is 11.5. The zero-order valence-electron chi connectivity index (χ0n) is 10.0. The van der Waals surface area contributed by atoms with E-state index in [2.05, 4.69) is 45.2 Å². The predicted molar refractivity (Wildman–Crippen MR) is 111 cm³/mol. The van der Waals surface area contributed by atoms with E-state index >= 15 is 0 Å². The molecule has 0 aliphatic carbocycles. The largest absolute Gasteiger partial charge is 0.269 e. The van der Waals surface area contributed by atoms with Gasteiger partial charge < -0.3 is 0 Å². The first-order valence-electron chi connectivity index (χ1n) is 5.49. The van der Waals surface area contributed by atoms with Crippen molar-refractivity contribution in [3.63, 3.8) is 0 Å². The maximum absolute atomic E-state index is 11.6. The molecule has 0 fully saturated rings. The lowest BCUT2D eigenvalue weighted by molar-refractivity contribution is 0.601. The summed E-state index contributed by atoms with van der Waals surface area (Å²) >= 11 is 9.42. The SMILES string of the molecule is O=Pc1c(-c2ccc(I)s2)sc(-c2ccc(I)s2)c1P=O. The molecule has 3 aromatic heterocycles. The number of hydrogen-bond acceptors (Lipinski definition) is 5. The Kier molecular flexibility index (Phi) is 5.63. The van der Waals surface area contributed by atoms with Gasteiger partial charge in [0.25, 0.3) is 0 Å². The van der Waals surface area contributed by atoms with Crippen LogP contribution in [0.1, 0.15) is 0 Å². The van der Waals surface area contributed by atoms with Gasteiger partial charge in [0.1, 0.15) is 0 Å². The number of thiophene rings is 3. The van der Waals surface area contributed by atoms with Crippen molar-refractivity contribution in [3.8, 4) is 19.5 Å². The van der Waals surface area contributed by atoms with Gasteiger partial charge in [-0.15, -0.1) is 34.0 Å². The van der Waals surface area contributed by atoms with E-state index in [0.29, 0.717) is 10.6 Å². The average molecular weight is 592 g/mol. The van der Waals surface area contributed by atoms with E-state index in [-0.39, 0.29) is 16.9 Å². The molecule has 3 heterocycles. The fourth-order valence-corrected chi connectivity index (χ4v) is 8.21. The highest BCUT2D eigenvalue weighted by Gasteiger charge is 2.23. The maximum atomic E-state index is 11.6. The summed E-state index contributed by atoms with van der Waals surface area (Å²) in [4.78, 5) is 4.06. The first-order valence-corrected chi connectivity index (χ1v) is 11.7. The van der Waals surface area contributed by atoms with Crippen molar-refractivity contribution in [2.75, 3.05) is 0 Å². The summed E-state index contributed by atoms with van der Waals surface area (Å²) in [6.45, 7) is 0. The molecule has 0 atom stereocenters. The average Bonchev–Trinajstić information content (AvgIpc) is 3.15. The van der Waals surface area contributed by atoms with Crippen LogP contribution in [0, 0.1) is 5.77 Å². The van der Waals surface area contributed by atoms with Gasteiger partial charge in [0.2, 0.25) is 0 Å². The van der Waals surface area contributed by atoms with E-state index in [1.807, 2.05) is 24.3 Å². The molecule has 0 amide bonds. The van der Waals surface area contributed by atoms with Crippen LogP contribution in [0.2, 0.25) is 0 Å². The minimum absolute atomic E-state index is 0.0821. The molecule has 0 aromatic carbocycles. The van der Waals surface area contributed by atoms with Crippen LogP contribution in [-0.2, 0) is 9.13 Å². The minimum Gasteiger partial charge on any atom is -0.269 e. The molecule has 0 saturated heterocycles. The van der Waals surface area contributed by atoms with Crippen LogP contribution in [0.5, 0.6) is 0 Å². The summed E-state index contributed by atoms with van der Waals surface area (Å²) in [5.41, 5.74) is 0. The number of hydrogen-bond donors (Lipinski definition) is 0. The molecule has 21 heavy (non-hydrogen) atoms. The molecule has 2 nitrogen and oxygen atoms in total. The van der Waals surface area contributed by atoms with Crippen molar-refractivity contribution >= 4 is 107 Å². The third-order valence-corrected chi connectivity index (χ3v) is 9.71.